The van der Waals surface area contributed by atoms with Crippen molar-refractivity contribution < 1.29 is 14.7 Å². The number of aliphatic carboxylic acids is 1. The molecule has 1 fully saturated rings. The van der Waals surface area contributed by atoms with Gasteiger partial charge >= 0.3 is 5.97 Å². The van der Waals surface area contributed by atoms with Crippen molar-refractivity contribution in [3.8, 4) is 0 Å². The van der Waals surface area contributed by atoms with Gasteiger partial charge in [-0.25, -0.2) is 4.79 Å². The summed E-state index contributed by atoms with van der Waals surface area (Å²) in [6, 6.07) is 1.59. The van der Waals surface area contributed by atoms with Gasteiger partial charge in [0.25, 0.3) is 5.91 Å². The van der Waals surface area contributed by atoms with E-state index in [1.807, 2.05) is 0 Å². The van der Waals surface area contributed by atoms with Crippen LogP contribution in [0.25, 0.3) is 6.08 Å². The number of nitrogens with one attached hydrogen (secondary N) is 1. The van der Waals surface area contributed by atoms with Gasteiger partial charge in [0.2, 0.25) is 0 Å². The van der Waals surface area contributed by atoms with Crippen LogP contribution in [-0.4, -0.2) is 53.5 Å². The Morgan fingerprint density at radius 3 is 3.05 bits per heavy atom. The maximum atomic E-state index is 12.2. The zero-order valence-electron chi connectivity index (χ0n) is 12.0. The van der Waals surface area contributed by atoms with Crippen molar-refractivity contribution in [2.75, 3.05) is 26.7 Å². The van der Waals surface area contributed by atoms with Gasteiger partial charge in [-0.1, -0.05) is 0 Å². The smallest absolute Gasteiger partial charge is 0.328 e. The Morgan fingerprint density at radius 1 is 1.57 bits per heavy atom. The van der Waals surface area contributed by atoms with Crippen molar-refractivity contribution in [3.63, 3.8) is 0 Å². The maximum Gasteiger partial charge on any atom is 0.328 e. The maximum absolute atomic E-state index is 12.2. The minimum absolute atomic E-state index is 0.197. The molecule has 0 aliphatic carbocycles. The first-order valence-electron chi connectivity index (χ1n) is 6.88. The summed E-state index contributed by atoms with van der Waals surface area (Å²) in [5, 5.41) is 11.6. The lowest BCUT2D eigenvalue weighted by atomic mass is 10.1. The van der Waals surface area contributed by atoms with E-state index in [1.165, 1.54) is 18.5 Å². The predicted molar refractivity (Wildman–Crippen MR) is 78.8 cm³/mol. The lowest BCUT2D eigenvalue weighted by Crippen LogP contribution is -2.30. The molecule has 2 rings (SSSR count). The molecule has 6 nitrogen and oxygen atoms in total. The summed E-state index contributed by atoms with van der Waals surface area (Å²) in [5.41, 5.74) is 0.940. The Balaban J connectivity index is 2.00. The third-order valence-corrected chi connectivity index (χ3v) is 3.54. The largest absolute Gasteiger partial charge is 0.478 e. The number of carbonyl (C=O) groups excluding carboxylic acids is 1. The molecule has 0 aromatic carbocycles. The van der Waals surface area contributed by atoms with Crippen molar-refractivity contribution in [1.29, 1.82) is 0 Å². The Hall–Kier alpha value is -2.21. The molecule has 0 spiro atoms. The van der Waals surface area contributed by atoms with E-state index in [-0.39, 0.29) is 5.91 Å². The first-order chi connectivity index (χ1) is 10.1. The topological polar surface area (TPSA) is 82.5 Å². The van der Waals surface area contributed by atoms with Crippen LogP contribution in [0.2, 0.25) is 0 Å². The van der Waals surface area contributed by atoms with Gasteiger partial charge in [0.15, 0.2) is 0 Å². The number of carbonyl (C=O) groups is 2. The number of hydrogen-bond acceptors (Lipinski definition) is 4. The highest BCUT2D eigenvalue weighted by Gasteiger charge is 2.20. The first-order valence-corrected chi connectivity index (χ1v) is 6.88. The number of carboxylic acids is 1. The van der Waals surface area contributed by atoms with Crippen molar-refractivity contribution in [1.82, 2.24) is 15.2 Å². The van der Waals surface area contributed by atoms with E-state index in [1.54, 1.807) is 6.07 Å². The van der Waals surface area contributed by atoms with Crippen LogP contribution in [0.1, 0.15) is 22.3 Å². The van der Waals surface area contributed by atoms with E-state index in [0.717, 1.165) is 25.6 Å². The highest BCUT2D eigenvalue weighted by atomic mass is 16.4. The van der Waals surface area contributed by atoms with Gasteiger partial charge in [-0.15, -0.1) is 0 Å². The predicted octanol–water partition coefficient (Wildman–Crippen LogP) is 0.861. The molecule has 0 bridgehead atoms. The van der Waals surface area contributed by atoms with Crippen molar-refractivity contribution in [2.45, 2.75) is 6.42 Å². The Bertz CT molecular complexity index is 557. The summed E-state index contributed by atoms with van der Waals surface area (Å²) in [5.74, 6) is -0.782. The Morgan fingerprint density at radius 2 is 2.38 bits per heavy atom. The number of likely N-dealkylation sites (tertiary alicyclic amines) is 1. The fourth-order valence-corrected chi connectivity index (χ4v) is 2.43. The van der Waals surface area contributed by atoms with E-state index >= 15 is 0 Å². The average Bonchev–Trinajstić information content (AvgIpc) is 2.88. The van der Waals surface area contributed by atoms with Crippen molar-refractivity contribution >= 4 is 18.0 Å². The van der Waals surface area contributed by atoms with E-state index in [4.69, 9.17) is 5.11 Å². The standard InChI is InChI=1S/C15H19N3O3/c1-18-7-5-11(10-18)8-17-15(21)13-4-6-16-9-12(13)2-3-14(19)20/h2-4,6,9,11H,5,7-8,10H2,1H3,(H,17,21)(H,19,20). The number of amides is 1. The van der Waals surface area contributed by atoms with E-state index in [0.29, 0.717) is 23.6 Å². The molecule has 6 heteroatoms. The molecule has 112 valence electrons. The molecule has 2 heterocycles. The highest BCUT2D eigenvalue weighted by molar-refractivity contribution is 5.98. The van der Waals surface area contributed by atoms with Crippen LogP contribution in [0.15, 0.2) is 24.5 Å². The van der Waals surface area contributed by atoms with Gasteiger partial charge in [0, 0.05) is 42.7 Å². The van der Waals surface area contributed by atoms with Gasteiger partial charge < -0.3 is 15.3 Å². The number of aromatic nitrogens is 1. The monoisotopic (exact) mass is 289 g/mol. The fourth-order valence-electron chi connectivity index (χ4n) is 2.43. The number of rotatable bonds is 5. The Labute approximate surface area is 123 Å². The molecule has 1 atom stereocenters. The molecule has 1 aromatic rings. The number of hydrogen-bond donors (Lipinski definition) is 2. The van der Waals surface area contributed by atoms with Crippen LogP contribution in [0, 0.1) is 5.92 Å². The molecule has 1 unspecified atom stereocenters. The lowest BCUT2D eigenvalue weighted by molar-refractivity contribution is -0.131. The first kappa shape index (κ1) is 15.2. The number of carboxylic acid groups (broad SMARTS) is 1. The fraction of sp³-hybridized carbons (Fsp3) is 0.400. The summed E-state index contributed by atoms with van der Waals surface area (Å²) in [6.45, 7) is 2.68. The lowest BCUT2D eigenvalue weighted by Gasteiger charge is -2.12. The van der Waals surface area contributed by atoms with Crippen molar-refractivity contribution in [2.24, 2.45) is 5.92 Å². The van der Waals surface area contributed by atoms with Gasteiger partial charge in [-0.05, 0) is 38.1 Å². The molecule has 0 radical (unpaired) electrons. The molecule has 1 aromatic heterocycles. The normalized spacial score (nSPS) is 19.0. The van der Waals surface area contributed by atoms with Crippen LogP contribution in [0.3, 0.4) is 0 Å². The number of pyridine rings is 1. The SMILES string of the molecule is CN1CCC(CNC(=O)c2ccncc2C=CC(=O)O)C1. The molecule has 1 aliphatic rings. The van der Waals surface area contributed by atoms with Crippen LogP contribution in [0.4, 0.5) is 0 Å². The zero-order chi connectivity index (χ0) is 15.2. The van der Waals surface area contributed by atoms with Gasteiger partial charge in [-0.2, -0.15) is 0 Å². The van der Waals surface area contributed by atoms with Crippen molar-refractivity contribution in [3.05, 3.63) is 35.7 Å². The summed E-state index contributed by atoms with van der Waals surface area (Å²) in [6.07, 6.45) is 6.47. The molecule has 2 N–H and O–H groups in total. The highest BCUT2D eigenvalue weighted by Crippen LogP contribution is 2.14. The van der Waals surface area contributed by atoms with Gasteiger partial charge in [-0.3, -0.25) is 9.78 Å². The second-order valence-electron chi connectivity index (χ2n) is 5.26. The molecule has 1 amide bonds. The minimum Gasteiger partial charge on any atom is -0.478 e. The van der Waals surface area contributed by atoms with E-state index in [9.17, 15) is 9.59 Å². The average molecular weight is 289 g/mol. The second-order valence-corrected chi connectivity index (χ2v) is 5.26. The summed E-state index contributed by atoms with van der Waals surface area (Å²) in [4.78, 5) is 28.9. The molecule has 0 saturated carbocycles. The summed E-state index contributed by atoms with van der Waals surface area (Å²) < 4.78 is 0. The van der Waals surface area contributed by atoms with E-state index < -0.39 is 5.97 Å². The molecular weight excluding hydrogens is 270 g/mol. The molecule has 21 heavy (non-hydrogen) atoms. The van der Waals surface area contributed by atoms with Gasteiger partial charge in [0.05, 0.1) is 0 Å². The third kappa shape index (κ3) is 4.39. The minimum atomic E-state index is -1.06. The van der Waals surface area contributed by atoms with Crippen LogP contribution in [0.5, 0.6) is 0 Å². The third-order valence-electron chi connectivity index (χ3n) is 3.54. The van der Waals surface area contributed by atoms with Crippen LogP contribution < -0.4 is 5.32 Å². The summed E-state index contributed by atoms with van der Waals surface area (Å²) >= 11 is 0. The Kier molecular flexibility index (Phi) is 5.05. The van der Waals surface area contributed by atoms with Crippen LogP contribution in [-0.2, 0) is 4.79 Å². The van der Waals surface area contributed by atoms with E-state index in [2.05, 4.69) is 22.2 Å². The summed E-state index contributed by atoms with van der Waals surface area (Å²) in [7, 11) is 2.07. The number of nitrogens with zero attached hydrogens (tertiary/aromatic N) is 2. The quantitative estimate of drug-likeness (QED) is 0.786. The van der Waals surface area contributed by atoms with Gasteiger partial charge in [0.1, 0.15) is 0 Å². The molecule has 1 aliphatic heterocycles. The zero-order valence-corrected chi connectivity index (χ0v) is 12.0. The van der Waals surface area contributed by atoms with Crippen LogP contribution >= 0.6 is 0 Å². The second kappa shape index (κ2) is 6.99. The molecule has 1 saturated heterocycles. The molecular formula is C15H19N3O3.